The van der Waals surface area contributed by atoms with E-state index in [0.717, 1.165) is 0 Å². The van der Waals surface area contributed by atoms with E-state index < -0.39 is 17.5 Å². The average Bonchev–Trinajstić information content (AvgIpc) is 2.68. The van der Waals surface area contributed by atoms with E-state index in [4.69, 9.17) is 0 Å². The van der Waals surface area contributed by atoms with Gasteiger partial charge in [-0.25, -0.2) is 4.79 Å². The molecule has 1 heterocycles. The molecule has 0 aromatic heterocycles. The number of amides is 1. The minimum atomic E-state index is -0.983. The number of methoxy groups -OCH3 is 1. The van der Waals surface area contributed by atoms with Crippen molar-refractivity contribution in [2.24, 2.45) is 11.3 Å². The summed E-state index contributed by atoms with van der Waals surface area (Å²) >= 11 is 0. The van der Waals surface area contributed by atoms with Gasteiger partial charge in [0.2, 0.25) is 0 Å². The highest BCUT2D eigenvalue weighted by Gasteiger charge is 2.51. The monoisotopic (exact) mass is 223 g/mol. The Labute approximate surface area is 93.0 Å². The summed E-state index contributed by atoms with van der Waals surface area (Å²) < 4.78 is 4.61. The molecule has 0 bridgehead atoms. The molecule has 1 N–H and O–H groups in total. The fourth-order valence-electron chi connectivity index (χ4n) is 2.30. The Morgan fingerprint density at radius 2 is 2.25 bits per heavy atom. The van der Waals surface area contributed by atoms with Crippen LogP contribution in [0.25, 0.3) is 0 Å². The third-order valence-electron chi connectivity index (χ3n) is 3.21. The maximum atomic E-state index is 11.4. The molecule has 1 fully saturated rings. The summed E-state index contributed by atoms with van der Waals surface area (Å²) in [5, 5.41) is 9.31. The number of aliphatic carboxylic acids is 1. The molecule has 5 heteroatoms. The lowest BCUT2D eigenvalue weighted by Gasteiger charge is -2.26. The summed E-state index contributed by atoms with van der Waals surface area (Å²) in [6.45, 7) is 0.556. The van der Waals surface area contributed by atoms with E-state index >= 15 is 0 Å². The van der Waals surface area contributed by atoms with Crippen LogP contribution in [-0.2, 0) is 9.53 Å². The number of rotatable bonds is 1. The van der Waals surface area contributed by atoms with Gasteiger partial charge in [-0.15, -0.1) is 0 Å². The van der Waals surface area contributed by atoms with Gasteiger partial charge in [0.25, 0.3) is 0 Å². The third-order valence-corrected chi connectivity index (χ3v) is 3.21. The molecule has 5 nitrogen and oxygen atoms in total. The second kappa shape index (κ2) is 3.66. The van der Waals surface area contributed by atoms with Crippen molar-refractivity contribution in [3.63, 3.8) is 0 Å². The molecular weight excluding hydrogens is 210 g/mol. The lowest BCUT2D eigenvalue weighted by molar-refractivity contribution is -0.146. The van der Waals surface area contributed by atoms with Crippen LogP contribution in [0.2, 0.25) is 0 Å². The fourth-order valence-corrected chi connectivity index (χ4v) is 2.30. The lowest BCUT2D eigenvalue weighted by Crippen LogP contribution is -2.38. The van der Waals surface area contributed by atoms with Crippen LogP contribution in [-0.4, -0.2) is 42.3 Å². The Bertz CT molecular complexity index is 387. The molecule has 2 aliphatic rings. The quantitative estimate of drug-likeness (QED) is 0.716. The van der Waals surface area contributed by atoms with Crippen molar-refractivity contribution >= 4 is 12.1 Å². The van der Waals surface area contributed by atoms with Gasteiger partial charge in [0.15, 0.2) is 0 Å². The van der Waals surface area contributed by atoms with Crippen LogP contribution >= 0.6 is 0 Å². The normalized spacial score (nSPS) is 31.3. The van der Waals surface area contributed by atoms with Gasteiger partial charge < -0.3 is 14.7 Å². The van der Waals surface area contributed by atoms with Crippen LogP contribution < -0.4 is 0 Å². The Kier molecular flexibility index (Phi) is 2.46. The standard InChI is InChI=1S/C11H13NO4/c1-16-10(15)12-6-8-4-2-3-5-11(8,7-12)9(13)14/h2-5,8H,6-7H2,1H3,(H,13,14)/t8-,11-/m0/s1. The fraction of sp³-hybridized carbons (Fsp3) is 0.455. The Morgan fingerprint density at radius 1 is 1.50 bits per heavy atom. The number of allylic oxidation sites excluding steroid dienone is 2. The number of carbonyl (C=O) groups is 2. The first kappa shape index (κ1) is 10.7. The Hall–Kier alpha value is -1.78. The summed E-state index contributed by atoms with van der Waals surface area (Å²) in [6, 6.07) is 0. The highest BCUT2D eigenvalue weighted by atomic mass is 16.5. The molecule has 2 atom stereocenters. The molecule has 0 aromatic rings. The van der Waals surface area contributed by atoms with Crippen molar-refractivity contribution in [1.29, 1.82) is 0 Å². The average molecular weight is 223 g/mol. The summed E-state index contributed by atoms with van der Waals surface area (Å²) in [5.41, 5.74) is -0.983. The number of hydrogen-bond donors (Lipinski definition) is 1. The number of fused-ring (bicyclic) bond motifs is 1. The maximum Gasteiger partial charge on any atom is 0.409 e. The molecule has 0 radical (unpaired) electrons. The first-order valence-electron chi connectivity index (χ1n) is 5.02. The zero-order chi connectivity index (χ0) is 11.8. The predicted octanol–water partition coefficient (Wildman–Crippen LogP) is 0.882. The van der Waals surface area contributed by atoms with Crippen LogP contribution in [0.1, 0.15) is 0 Å². The summed E-state index contributed by atoms with van der Waals surface area (Å²) in [4.78, 5) is 24.2. The van der Waals surface area contributed by atoms with E-state index in [-0.39, 0.29) is 12.5 Å². The van der Waals surface area contributed by atoms with Gasteiger partial charge in [0.05, 0.1) is 7.11 Å². The zero-order valence-corrected chi connectivity index (χ0v) is 8.92. The van der Waals surface area contributed by atoms with E-state index in [2.05, 4.69) is 4.74 Å². The number of carboxylic acids is 1. The van der Waals surface area contributed by atoms with Gasteiger partial charge in [-0.2, -0.15) is 0 Å². The molecule has 86 valence electrons. The second-order valence-electron chi connectivity index (χ2n) is 4.05. The lowest BCUT2D eigenvalue weighted by atomic mass is 9.75. The predicted molar refractivity (Wildman–Crippen MR) is 55.8 cm³/mol. The van der Waals surface area contributed by atoms with Crippen LogP contribution in [0.5, 0.6) is 0 Å². The van der Waals surface area contributed by atoms with Crippen LogP contribution in [0.3, 0.4) is 0 Å². The van der Waals surface area contributed by atoms with E-state index in [1.807, 2.05) is 12.2 Å². The summed E-state index contributed by atoms with van der Waals surface area (Å²) in [6.07, 6.45) is 6.54. The SMILES string of the molecule is COC(=O)N1C[C@@H]2C=CC=C[C@]2(C(=O)O)C1. The summed E-state index contributed by atoms with van der Waals surface area (Å²) in [5.74, 6) is -1.07. The largest absolute Gasteiger partial charge is 0.481 e. The molecule has 1 saturated heterocycles. The summed E-state index contributed by atoms with van der Waals surface area (Å²) in [7, 11) is 1.30. The van der Waals surface area contributed by atoms with Crippen molar-refractivity contribution < 1.29 is 19.4 Å². The first-order valence-corrected chi connectivity index (χ1v) is 5.02. The van der Waals surface area contributed by atoms with Crippen LogP contribution in [0.15, 0.2) is 24.3 Å². The van der Waals surface area contributed by atoms with Crippen LogP contribution in [0.4, 0.5) is 4.79 Å². The van der Waals surface area contributed by atoms with Gasteiger partial charge in [0, 0.05) is 19.0 Å². The maximum absolute atomic E-state index is 11.4. The van der Waals surface area contributed by atoms with E-state index in [0.29, 0.717) is 6.54 Å². The highest BCUT2D eigenvalue weighted by Crippen LogP contribution is 2.40. The molecule has 16 heavy (non-hydrogen) atoms. The number of carbonyl (C=O) groups excluding carboxylic acids is 1. The van der Waals surface area contributed by atoms with E-state index in [1.54, 1.807) is 12.2 Å². The van der Waals surface area contributed by atoms with Crippen molar-refractivity contribution in [1.82, 2.24) is 4.90 Å². The molecule has 0 spiro atoms. The van der Waals surface area contributed by atoms with Gasteiger partial charge in [0.1, 0.15) is 5.41 Å². The molecule has 0 saturated carbocycles. The second-order valence-corrected chi connectivity index (χ2v) is 4.05. The number of likely N-dealkylation sites (tertiary alicyclic amines) is 1. The molecule has 0 aromatic carbocycles. The molecule has 1 amide bonds. The first-order chi connectivity index (χ1) is 7.60. The molecule has 1 aliphatic carbocycles. The van der Waals surface area contributed by atoms with Gasteiger partial charge >= 0.3 is 12.1 Å². The van der Waals surface area contributed by atoms with Gasteiger partial charge in [-0.1, -0.05) is 24.3 Å². The molecular formula is C11H13NO4. The molecule has 0 unspecified atom stereocenters. The smallest absolute Gasteiger partial charge is 0.409 e. The Morgan fingerprint density at radius 3 is 2.81 bits per heavy atom. The molecule has 1 aliphatic heterocycles. The van der Waals surface area contributed by atoms with Gasteiger partial charge in [-0.05, 0) is 0 Å². The number of ether oxygens (including phenoxy) is 1. The molecule has 2 rings (SSSR count). The van der Waals surface area contributed by atoms with E-state index in [9.17, 15) is 14.7 Å². The third kappa shape index (κ3) is 1.39. The Balaban J connectivity index is 2.29. The van der Waals surface area contributed by atoms with Crippen molar-refractivity contribution in [2.75, 3.05) is 20.2 Å². The van der Waals surface area contributed by atoms with Crippen molar-refractivity contribution in [3.8, 4) is 0 Å². The van der Waals surface area contributed by atoms with Crippen LogP contribution in [0, 0.1) is 11.3 Å². The minimum absolute atomic E-state index is 0.167. The topological polar surface area (TPSA) is 66.8 Å². The number of carboxylic acid groups (broad SMARTS) is 1. The van der Waals surface area contributed by atoms with Crippen molar-refractivity contribution in [3.05, 3.63) is 24.3 Å². The number of nitrogens with zero attached hydrogens (tertiary/aromatic N) is 1. The van der Waals surface area contributed by atoms with E-state index in [1.165, 1.54) is 12.0 Å². The van der Waals surface area contributed by atoms with Gasteiger partial charge in [-0.3, -0.25) is 4.79 Å². The minimum Gasteiger partial charge on any atom is -0.481 e. The van der Waals surface area contributed by atoms with Crippen molar-refractivity contribution in [2.45, 2.75) is 0 Å². The number of hydrogen-bond acceptors (Lipinski definition) is 3. The zero-order valence-electron chi connectivity index (χ0n) is 8.92. The highest BCUT2D eigenvalue weighted by molar-refractivity contribution is 5.81.